The van der Waals surface area contributed by atoms with E-state index in [1.54, 1.807) is 30.3 Å². The summed E-state index contributed by atoms with van der Waals surface area (Å²) in [4.78, 5) is 12.5. The van der Waals surface area contributed by atoms with E-state index in [-0.39, 0.29) is 5.91 Å². The number of halogens is 3. The van der Waals surface area contributed by atoms with Gasteiger partial charge in [0.2, 0.25) is 0 Å². The minimum Gasteiger partial charge on any atom is -0.321 e. The molecule has 1 aromatic carbocycles. The molecule has 1 aromatic heterocycles. The van der Waals surface area contributed by atoms with Crippen molar-refractivity contribution in [2.45, 2.75) is 0 Å². The summed E-state index contributed by atoms with van der Waals surface area (Å²) < 4.78 is 1.78. The summed E-state index contributed by atoms with van der Waals surface area (Å²) in [5.41, 5.74) is 0.722. The molecule has 0 radical (unpaired) electrons. The van der Waals surface area contributed by atoms with Crippen LogP contribution >= 0.6 is 54.8 Å². The molecule has 0 aliphatic heterocycles. The van der Waals surface area contributed by atoms with E-state index in [9.17, 15) is 4.79 Å². The standard InChI is InChI=1S/C11H6Br2ClNOS/c12-8-5-9(17-10(8)13)11(16)15-7-3-1-6(14)2-4-7/h1-5H,(H,15,16). The smallest absolute Gasteiger partial charge is 0.265 e. The van der Waals surface area contributed by atoms with E-state index in [2.05, 4.69) is 37.2 Å². The van der Waals surface area contributed by atoms with Gasteiger partial charge in [0.05, 0.1) is 8.66 Å². The minimum atomic E-state index is -0.135. The summed E-state index contributed by atoms with van der Waals surface area (Å²) in [6.07, 6.45) is 0. The molecule has 6 heteroatoms. The summed E-state index contributed by atoms with van der Waals surface area (Å²) in [6.45, 7) is 0. The molecule has 0 spiro atoms. The lowest BCUT2D eigenvalue weighted by Crippen LogP contribution is -2.09. The van der Waals surface area contributed by atoms with Gasteiger partial charge in [0.15, 0.2) is 0 Å². The van der Waals surface area contributed by atoms with Gasteiger partial charge in [-0.25, -0.2) is 0 Å². The van der Waals surface area contributed by atoms with E-state index in [4.69, 9.17) is 11.6 Å². The lowest BCUT2D eigenvalue weighted by Gasteiger charge is -2.02. The van der Waals surface area contributed by atoms with Gasteiger partial charge in [-0.15, -0.1) is 11.3 Å². The fourth-order valence-electron chi connectivity index (χ4n) is 1.18. The maximum absolute atomic E-state index is 11.9. The Labute approximate surface area is 124 Å². The van der Waals surface area contributed by atoms with Crippen LogP contribution in [-0.4, -0.2) is 5.91 Å². The van der Waals surface area contributed by atoms with Gasteiger partial charge in [-0.2, -0.15) is 0 Å². The van der Waals surface area contributed by atoms with E-state index in [1.807, 2.05) is 0 Å². The topological polar surface area (TPSA) is 29.1 Å². The van der Waals surface area contributed by atoms with Gasteiger partial charge in [-0.05, 0) is 62.2 Å². The molecule has 1 heterocycles. The quantitative estimate of drug-likeness (QED) is 0.746. The average Bonchev–Trinajstić information content (AvgIpc) is 2.63. The molecule has 0 saturated carbocycles. The number of carbonyl (C=O) groups excluding carboxylic acids is 1. The van der Waals surface area contributed by atoms with Crippen molar-refractivity contribution in [1.82, 2.24) is 0 Å². The van der Waals surface area contributed by atoms with Crippen molar-refractivity contribution in [2.24, 2.45) is 0 Å². The minimum absolute atomic E-state index is 0.135. The van der Waals surface area contributed by atoms with Crippen LogP contribution in [0.2, 0.25) is 5.02 Å². The summed E-state index contributed by atoms with van der Waals surface area (Å²) in [6, 6.07) is 8.77. The van der Waals surface area contributed by atoms with Crippen LogP contribution in [0.4, 0.5) is 5.69 Å². The highest BCUT2D eigenvalue weighted by atomic mass is 79.9. The Balaban J connectivity index is 2.14. The van der Waals surface area contributed by atoms with Crippen molar-refractivity contribution < 1.29 is 4.79 Å². The fraction of sp³-hybridized carbons (Fsp3) is 0. The number of benzene rings is 1. The van der Waals surface area contributed by atoms with E-state index in [0.717, 1.165) is 13.9 Å². The molecule has 2 rings (SSSR count). The molecule has 0 aliphatic carbocycles. The zero-order valence-corrected chi connectivity index (χ0v) is 13.1. The van der Waals surface area contributed by atoms with Crippen LogP contribution < -0.4 is 5.32 Å². The van der Waals surface area contributed by atoms with Crippen LogP contribution in [0.5, 0.6) is 0 Å². The highest BCUT2D eigenvalue weighted by Crippen LogP contribution is 2.32. The van der Waals surface area contributed by atoms with Crippen molar-refractivity contribution in [3.05, 3.63) is 48.5 Å². The number of carbonyl (C=O) groups is 1. The normalized spacial score (nSPS) is 10.3. The van der Waals surface area contributed by atoms with Gasteiger partial charge in [0.1, 0.15) is 0 Å². The third-order valence-corrected chi connectivity index (χ3v) is 5.48. The zero-order chi connectivity index (χ0) is 12.4. The van der Waals surface area contributed by atoms with Gasteiger partial charge in [0, 0.05) is 15.2 Å². The summed E-state index contributed by atoms with van der Waals surface area (Å²) >= 11 is 13.8. The van der Waals surface area contributed by atoms with E-state index in [0.29, 0.717) is 9.90 Å². The molecule has 0 unspecified atom stereocenters. The van der Waals surface area contributed by atoms with Gasteiger partial charge < -0.3 is 5.32 Å². The van der Waals surface area contributed by atoms with Gasteiger partial charge in [0.25, 0.3) is 5.91 Å². The third kappa shape index (κ3) is 3.31. The molecule has 1 amide bonds. The van der Waals surface area contributed by atoms with Crippen LogP contribution in [-0.2, 0) is 0 Å². The second-order valence-corrected chi connectivity index (χ2v) is 6.85. The molecule has 88 valence electrons. The van der Waals surface area contributed by atoms with E-state index >= 15 is 0 Å². The van der Waals surface area contributed by atoms with Gasteiger partial charge >= 0.3 is 0 Å². The number of hydrogen-bond donors (Lipinski definition) is 1. The molecular formula is C11H6Br2ClNOS. The Morgan fingerprint density at radius 1 is 1.24 bits per heavy atom. The van der Waals surface area contributed by atoms with Crippen LogP contribution in [0.25, 0.3) is 0 Å². The first kappa shape index (κ1) is 13.1. The number of anilines is 1. The largest absolute Gasteiger partial charge is 0.321 e. The number of nitrogens with one attached hydrogen (secondary N) is 1. The van der Waals surface area contributed by atoms with Crippen molar-refractivity contribution in [3.8, 4) is 0 Å². The lowest BCUT2D eigenvalue weighted by atomic mass is 10.3. The van der Waals surface area contributed by atoms with Crippen LogP contribution in [0, 0.1) is 0 Å². The van der Waals surface area contributed by atoms with Crippen LogP contribution in [0.1, 0.15) is 9.67 Å². The first-order valence-electron chi connectivity index (χ1n) is 4.58. The predicted molar refractivity (Wildman–Crippen MR) is 79.1 cm³/mol. The molecule has 0 fully saturated rings. The second kappa shape index (κ2) is 5.52. The molecule has 2 nitrogen and oxygen atoms in total. The molecule has 17 heavy (non-hydrogen) atoms. The van der Waals surface area contributed by atoms with Crippen molar-refractivity contribution >= 4 is 66.4 Å². The number of thiophene rings is 1. The van der Waals surface area contributed by atoms with Gasteiger partial charge in [-0.3, -0.25) is 4.79 Å². The monoisotopic (exact) mass is 393 g/mol. The second-order valence-electron chi connectivity index (χ2n) is 3.19. The SMILES string of the molecule is O=C(Nc1ccc(Cl)cc1)c1cc(Br)c(Br)s1. The molecular weight excluding hydrogens is 389 g/mol. The molecule has 2 aromatic rings. The molecule has 1 N–H and O–H groups in total. The van der Waals surface area contributed by atoms with Gasteiger partial charge in [-0.1, -0.05) is 11.6 Å². The predicted octanol–water partition coefficient (Wildman–Crippen LogP) is 5.18. The van der Waals surface area contributed by atoms with Crippen molar-refractivity contribution in [2.75, 3.05) is 5.32 Å². The maximum Gasteiger partial charge on any atom is 0.265 e. The highest BCUT2D eigenvalue weighted by Gasteiger charge is 2.11. The summed E-state index contributed by atoms with van der Waals surface area (Å²) in [5.74, 6) is -0.135. The fourth-order valence-corrected chi connectivity index (χ4v) is 3.24. The Bertz CT molecular complexity index is 534. The average molecular weight is 396 g/mol. The first-order chi connectivity index (χ1) is 8.06. The summed E-state index contributed by atoms with van der Waals surface area (Å²) in [7, 11) is 0. The molecule has 0 aliphatic rings. The Morgan fingerprint density at radius 2 is 1.88 bits per heavy atom. The summed E-state index contributed by atoms with van der Waals surface area (Å²) in [5, 5.41) is 3.44. The lowest BCUT2D eigenvalue weighted by molar-refractivity contribution is 0.103. The van der Waals surface area contributed by atoms with Crippen molar-refractivity contribution in [3.63, 3.8) is 0 Å². The maximum atomic E-state index is 11.9. The third-order valence-electron chi connectivity index (χ3n) is 1.97. The number of hydrogen-bond acceptors (Lipinski definition) is 2. The number of rotatable bonds is 2. The number of amides is 1. The Kier molecular flexibility index (Phi) is 4.25. The first-order valence-corrected chi connectivity index (χ1v) is 7.36. The molecule has 0 bridgehead atoms. The molecule has 0 atom stereocenters. The zero-order valence-electron chi connectivity index (χ0n) is 8.34. The Hall–Kier alpha value is -0.360. The van der Waals surface area contributed by atoms with Crippen LogP contribution in [0.15, 0.2) is 38.6 Å². The van der Waals surface area contributed by atoms with Crippen molar-refractivity contribution in [1.29, 1.82) is 0 Å². The van der Waals surface area contributed by atoms with E-state index < -0.39 is 0 Å². The highest BCUT2D eigenvalue weighted by molar-refractivity contribution is 9.13. The molecule has 0 saturated heterocycles. The van der Waals surface area contributed by atoms with E-state index in [1.165, 1.54) is 11.3 Å². The van der Waals surface area contributed by atoms with Crippen LogP contribution in [0.3, 0.4) is 0 Å². The Morgan fingerprint density at radius 3 is 2.41 bits per heavy atom.